The minimum absolute atomic E-state index is 0.00955. The van der Waals surface area contributed by atoms with Crippen LogP contribution in [0.2, 0.25) is 0 Å². The molecule has 1 saturated heterocycles. The van der Waals surface area contributed by atoms with Gasteiger partial charge in [-0.05, 0) is 38.1 Å². The lowest BCUT2D eigenvalue weighted by Gasteiger charge is -2.22. The highest BCUT2D eigenvalue weighted by molar-refractivity contribution is 5.99. The summed E-state index contributed by atoms with van der Waals surface area (Å²) in [7, 11) is 0. The Hall–Kier alpha value is -1.59. The van der Waals surface area contributed by atoms with Crippen LogP contribution in [-0.4, -0.2) is 38.3 Å². The summed E-state index contributed by atoms with van der Waals surface area (Å²) in [4.78, 5) is 11.6. The van der Waals surface area contributed by atoms with Gasteiger partial charge in [0.25, 0.3) is 5.91 Å². The molecule has 21 heavy (non-hydrogen) atoms. The van der Waals surface area contributed by atoms with Gasteiger partial charge in [-0.25, -0.2) is 0 Å². The van der Waals surface area contributed by atoms with E-state index in [9.17, 15) is 4.79 Å². The van der Waals surface area contributed by atoms with Gasteiger partial charge in [0.15, 0.2) is 0 Å². The Morgan fingerprint density at radius 1 is 1.19 bits per heavy atom. The molecule has 1 amide bonds. The number of hydrogen-bond acceptors (Lipinski definition) is 4. The topological polar surface area (TPSA) is 59.6 Å². The highest BCUT2D eigenvalue weighted by Gasteiger charge is 2.21. The Morgan fingerprint density at radius 2 is 2.05 bits per heavy atom. The summed E-state index contributed by atoms with van der Waals surface area (Å²) in [6, 6.07) is 5.63. The van der Waals surface area contributed by atoms with Crippen LogP contribution in [0.4, 0.5) is 0 Å². The lowest BCUT2D eigenvalue weighted by atomic mass is 10.1. The fourth-order valence-corrected chi connectivity index (χ4v) is 2.81. The zero-order valence-electron chi connectivity index (χ0n) is 12.2. The first-order chi connectivity index (χ1) is 10.3. The van der Waals surface area contributed by atoms with Crippen molar-refractivity contribution in [3.05, 3.63) is 29.3 Å². The molecule has 2 aliphatic rings. The maximum Gasteiger partial charge on any atom is 0.252 e. The molecule has 2 heterocycles. The molecular weight excluding hydrogens is 268 g/mol. The van der Waals surface area contributed by atoms with Crippen molar-refractivity contribution < 1.29 is 14.3 Å². The van der Waals surface area contributed by atoms with E-state index in [1.54, 1.807) is 0 Å². The Kier molecular flexibility index (Phi) is 4.72. The largest absolute Gasteiger partial charge is 0.493 e. The summed E-state index contributed by atoms with van der Waals surface area (Å²) in [5, 5.41) is 6.15. The summed E-state index contributed by atoms with van der Waals surface area (Å²) >= 11 is 0. The molecule has 1 aromatic carbocycles. The Morgan fingerprint density at radius 3 is 2.90 bits per heavy atom. The van der Waals surface area contributed by atoms with Crippen molar-refractivity contribution in [1.82, 2.24) is 10.6 Å². The molecule has 0 bridgehead atoms. The zero-order chi connectivity index (χ0) is 14.5. The first kappa shape index (κ1) is 14.4. The van der Waals surface area contributed by atoms with Crippen molar-refractivity contribution in [3.8, 4) is 5.75 Å². The fraction of sp³-hybridized carbons (Fsp3) is 0.562. The predicted octanol–water partition coefficient (Wildman–Crippen LogP) is 1.47. The van der Waals surface area contributed by atoms with Gasteiger partial charge in [0, 0.05) is 24.1 Å². The average molecular weight is 290 g/mol. The number of ether oxygens (including phenoxy) is 2. The lowest BCUT2D eigenvalue weighted by molar-refractivity contribution is 0.0268. The molecule has 0 spiro atoms. The number of fused-ring (bicyclic) bond motifs is 1. The standard InChI is InChI=1S/C16H22N2O3/c19-16-13-3-1-4-15(14(13)11-18-16)21-10-2-9-20-12-5-7-17-8-6-12/h1,3-4,12,17H,2,5-11H2,(H,18,19). The summed E-state index contributed by atoms with van der Waals surface area (Å²) in [6.07, 6.45) is 3.46. The molecule has 2 N–H and O–H groups in total. The second-order valence-corrected chi connectivity index (χ2v) is 5.49. The van der Waals surface area contributed by atoms with E-state index in [0.29, 0.717) is 19.3 Å². The number of nitrogens with one attached hydrogen (secondary N) is 2. The Bertz CT molecular complexity index is 498. The molecule has 1 fully saturated rings. The molecule has 5 nitrogen and oxygen atoms in total. The molecule has 5 heteroatoms. The van der Waals surface area contributed by atoms with Gasteiger partial charge in [-0.2, -0.15) is 0 Å². The van der Waals surface area contributed by atoms with Gasteiger partial charge in [0.2, 0.25) is 0 Å². The van der Waals surface area contributed by atoms with Crippen molar-refractivity contribution in [2.45, 2.75) is 31.9 Å². The summed E-state index contributed by atoms with van der Waals surface area (Å²) < 4.78 is 11.6. The van der Waals surface area contributed by atoms with E-state index < -0.39 is 0 Å². The van der Waals surface area contributed by atoms with E-state index in [2.05, 4.69) is 10.6 Å². The third-order valence-corrected chi connectivity index (χ3v) is 3.99. The molecule has 0 saturated carbocycles. The van der Waals surface area contributed by atoms with Crippen LogP contribution >= 0.6 is 0 Å². The third-order valence-electron chi connectivity index (χ3n) is 3.99. The fourth-order valence-electron chi connectivity index (χ4n) is 2.81. The second-order valence-electron chi connectivity index (χ2n) is 5.49. The number of rotatable bonds is 6. The average Bonchev–Trinajstić information content (AvgIpc) is 2.90. The van der Waals surface area contributed by atoms with Gasteiger partial charge in [-0.1, -0.05) is 6.07 Å². The van der Waals surface area contributed by atoms with Crippen molar-refractivity contribution in [2.75, 3.05) is 26.3 Å². The molecule has 0 atom stereocenters. The van der Waals surface area contributed by atoms with Crippen molar-refractivity contribution in [2.24, 2.45) is 0 Å². The molecule has 2 aliphatic heterocycles. The number of hydrogen-bond donors (Lipinski definition) is 2. The number of piperidine rings is 1. The number of carbonyl (C=O) groups is 1. The van der Waals surface area contributed by atoms with E-state index in [4.69, 9.17) is 9.47 Å². The summed E-state index contributed by atoms with van der Waals surface area (Å²) in [5.41, 5.74) is 1.71. The molecule has 0 unspecified atom stereocenters. The number of amides is 1. The lowest BCUT2D eigenvalue weighted by Crippen LogP contribution is -2.32. The smallest absolute Gasteiger partial charge is 0.252 e. The van der Waals surface area contributed by atoms with Gasteiger partial charge >= 0.3 is 0 Å². The predicted molar refractivity (Wildman–Crippen MR) is 79.6 cm³/mol. The quantitative estimate of drug-likeness (QED) is 0.779. The minimum Gasteiger partial charge on any atom is -0.493 e. The molecule has 0 radical (unpaired) electrons. The number of benzene rings is 1. The van der Waals surface area contributed by atoms with Crippen molar-refractivity contribution in [1.29, 1.82) is 0 Å². The molecule has 114 valence electrons. The molecule has 3 rings (SSSR count). The van der Waals surface area contributed by atoms with Gasteiger partial charge < -0.3 is 20.1 Å². The SMILES string of the molecule is O=C1NCc2c(OCCCOC3CCNCC3)cccc21. The third kappa shape index (κ3) is 3.54. The number of carbonyl (C=O) groups excluding carboxylic acids is 1. The summed E-state index contributed by atoms with van der Waals surface area (Å²) in [5.74, 6) is 0.803. The van der Waals surface area contributed by atoms with Gasteiger partial charge in [-0.3, -0.25) is 4.79 Å². The molecule has 0 aromatic heterocycles. The summed E-state index contributed by atoms with van der Waals surface area (Å²) in [6.45, 7) is 4.03. The highest BCUT2D eigenvalue weighted by atomic mass is 16.5. The maximum absolute atomic E-state index is 11.6. The molecule has 0 aliphatic carbocycles. The van der Waals surface area contributed by atoms with Crippen LogP contribution in [0.25, 0.3) is 0 Å². The van der Waals surface area contributed by atoms with Crippen LogP contribution in [-0.2, 0) is 11.3 Å². The van der Waals surface area contributed by atoms with Gasteiger partial charge in [0.1, 0.15) is 5.75 Å². The van der Waals surface area contributed by atoms with Gasteiger partial charge in [-0.15, -0.1) is 0 Å². The van der Waals surface area contributed by atoms with E-state index in [1.807, 2.05) is 18.2 Å². The van der Waals surface area contributed by atoms with Crippen molar-refractivity contribution >= 4 is 5.91 Å². The van der Waals surface area contributed by atoms with Crippen LogP contribution in [0.15, 0.2) is 18.2 Å². The molecular formula is C16H22N2O3. The van der Waals surface area contributed by atoms with Crippen molar-refractivity contribution in [3.63, 3.8) is 0 Å². The van der Waals surface area contributed by atoms with E-state index in [1.165, 1.54) is 0 Å². The monoisotopic (exact) mass is 290 g/mol. The first-order valence-corrected chi connectivity index (χ1v) is 7.70. The highest BCUT2D eigenvalue weighted by Crippen LogP contribution is 2.26. The Labute approximate surface area is 125 Å². The second kappa shape index (κ2) is 6.91. The van der Waals surface area contributed by atoms with Crippen LogP contribution in [0.1, 0.15) is 35.2 Å². The normalized spacial score (nSPS) is 18.4. The zero-order valence-corrected chi connectivity index (χ0v) is 12.2. The Balaban J connectivity index is 1.41. The van der Waals surface area contributed by atoms with Crippen LogP contribution in [0.3, 0.4) is 0 Å². The van der Waals surface area contributed by atoms with Gasteiger partial charge in [0.05, 0.1) is 19.3 Å². The first-order valence-electron chi connectivity index (χ1n) is 7.70. The maximum atomic E-state index is 11.6. The van der Waals surface area contributed by atoms with E-state index in [0.717, 1.165) is 55.8 Å². The molecule has 1 aromatic rings. The van der Waals surface area contributed by atoms with E-state index in [-0.39, 0.29) is 5.91 Å². The minimum atomic E-state index is -0.00955. The van der Waals surface area contributed by atoms with E-state index >= 15 is 0 Å². The van der Waals surface area contributed by atoms with Crippen LogP contribution in [0.5, 0.6) is 5.75 Å². The van der Waals surface area contributed by atoms with Crippen LogP contribution < -0.4 is 15.4 Å². The van der Waals surface area contributed by atoms with Crippen LogP contribution in [0, 0.1) is 0 Å².